The van der Waals surface area contributed by atoms with Gasteiger partial charge in [-0.05, 0) is 29.3 Å². The van der Waals surface area contributed by atoms with Gasteiger partial charge < -0.3 is 4.74 Å². The fourth-order valence-electron chi connectivity index (χ4n) is 3.06. The van der Waals surface area contributed by atoms with Crippen molar-refractivity contribution in [1.29, 1.82) is 0 Å². The second kappa shape index (κ2) is 6.46. The average molecular weight is 368 g/mol. The molecule has 0 spiro atoms. The Bertz CT molecular complexity index is 1080. The van der Waals surface area contributed by atoms with Crippen molar-refractivity contribution >= 4 is 5.65 Å². The molecule has 3 nitrogen and oxygen atoms in total. The summed E-state index contributed by atoms with van der Waals surface area (Å²) in [7, 11) is 1.56. The van der Waals surface area contributed by atoms with E-state index in [2.05, 4.69) is 4.98 Å². The summed E-state index contributed by atoms with van der Waals surface area (Å²) in [5, 5.41) is 0. The predicted molar refractivity (Wildman–Crippen MR) is 97.6 cm³/mol. The molecular formula is C21H15F3N2O. The molecule has 4 rings (SSSR count). The molecule has 2 aromatic heterocycles. The molecule has 4 aromatic rings. The largest absolute Gasteiger partial charge is 0.482 e. The van der Waals surface area contributed by atoms with Gasteiger partial charge in [0.15, 0.2) is 5.88 Å². The molecule has 27 heavy (non-hydrogen) atoms. The maximum absolute atomic E-state index is 12.8. The van der Waals surface area contributed by atoms with E-state index in [1.807, 2.05) is 42.5 Å². The molecule has 6 heteroatoms. The van der Waals surface area contributed by atoms with E-state index in [0.29, 0.717) is 22.8 Å². The Labute approximate surface area is 153 Å². The van der Waals surface area contributed by atoms with Crippen LogP contribution in [0.25, 0.3) is 28.0 Å². The highest BCUT2D eigenvalue weighted by Crippen LogP contribution is 2.33. The van der Waals surface area contributed by atoms with Crippen LogP contribution in [0.3, 0.4) is 0 Å². The Balaban J connectivity index is 1.84. The van der Waals surface area contributed by atoms with E-state index in [1.165, 1.54) is 12.1 Å². The molecule has 2 heterocycles. The molecule has 0 bridgehead atoms. The number of hydrogen-bond acceptors (Lipinski definition) is 2. The van der Waals surface area contributed by atoms with Crippen LogP contribution in [0, 0.1) is 0 Å². The van der Waals surface area contributed by atoms with Crippen molar-refractivity contribution in [3.63, 3.8) is 0 Å². The van der Waals surface area contributed by atoms with Gasteiger partial charge in [0, 0.05) is 11.6 Å². The number of imidazole rings is 1. The highest BCUT2D eigenvalue weighted by molar-refractivity contribution is 5.73. The monoisotopic (exact) mass is 368 g/mol. The van der Waals surface area contributed by atoms with Gasteiger partial charge in [-0.25, -0.2) is 4.98 Å². The fourth-order valence-corrected chi connectivity index (χ4v) is 3.06. The number of fused-ring (bicyclic) bond motifs is 1. The molecule has 0 radical (unpaired) electrons. The van der Waals surface area contributed by atoms with Crippen molar-refractivity contribution in [2.24, 2.45) is 0 Å². The summed E-state index contributed by atoms with van der Waals surface area (Å²) in [6, 6.07) is 18.7. The van der Waals surface area contributed by atoms with E-state index in [0.717, 1.165) is 23.3 Å². The molecule has 0 N–H and O–H groups in total. The van der Waals surface area contributed by atoms with E-state index in [-0.39, 0.29) is 0 Å². The Morgan fingerprint density at radius 3 is 2.19 bits per heavy atom. The smallest absolute Gasteiger partial charge is 0.416 e. The number of methoxy groups -OCH3 is 1. The first kappa shape index (κ1) is 17.1. The first-order chi connectivity index (χ1) is 13.0. The summed E-state index contributed by atoms with van der Waals surface area (Å²) in [4.78, 5) is 4.42. The van der Waals surface area contributed by atoms with Crippen LogP contribution in [0.4, 0.5) is 13.2 Å². The molecule has 0 saturated heterocycles. The van der Waals surface area contributed by atoms with Crippen LogP contribution < -0.4 is 4.74 Å². The fraction of sp³-hybridized carbons (Fsp3) is 0.0952. The Morgan fingerprint density at radius 2 is 1.56 bits per heavy atom. The van der Waals surface area contributed by atoms with Gasteiger partial charge in [-0.1, -0.05) is 42.5 Å². The number of hydrogen-bond donors (Lipinski definition) is 0. The topological polar surface area (TPSA) is 26.5 Å². The van der Waals surface area contributed by atoms with Crippen molar-refractivity contribution in [2.75, 3.05) is 7.11 Å². The van der Waals surface area contributed by atoms with E-state index >= 15 is 0 Å². The number of halogens is 3. The minimum atomic E-state index is -4.36. The third-order valence-corrected chi connectivity index (χ3v) is 4.40. The standard InChI is InChI=1S/C21H15F3N2O/c1-27-20-12-16(14-5-3-2-4-6-14)11-19-25-13-18(26(19)20)15-7-9-17(10-8-15)21(22,23)24/h2-13H,1H3. The van der Waals surface area contributed by atoms with Crippen molar-refractivity contribution in [2.45, 2.75) is 6.18 Å². The van der Waals surface area contributed by atoms with Crippen molar-refractivity contribution < 1.29 is 17.9 Å². The van der Waals surface area contributed by atoms with Gasteiger partial charge in [-0.2, -0.15) is 13.2 Å². The Kier molecular flexibility index (Phi) is 4.11. The van der Waals surface area contributed by atoms with Gasteiger partial charge >= 0.3 is 6.18 Å². The Morgan fingerprint density at radius 1 is 0.852 bits per heavy atom. The van der Waals surface area contributed by atoms with Gasteiger partial charge in [-0.3, -0.25) is 4.40 Å². The summed E-state index contributed by atoms with van der Waals surface area (Å²) in [6.07, 6.45) is -2.73. The van der Waals surface area contributed by atoms with Crippen LogP contribution in [-0.2, 0) is 6.18 Å². The molecule has 0 aliphatic rings. The summed E-state index contributed by atoms with van der Waals surface area (Å²) in [5.74, 6) is 0.554. The van der Waals surface area contributed by atoms with E-state index < -0.39 is 11.7 Å². The van der Waals surface area contributed by atoms with Crippen LogP contribution in [0.2, 0.25) is 0 Å². The molecule has 0 aliphatic heterocycles. The van der Waals surface area contributed by atoms with Crippen LogP contribution >= 0.6 is 0 Å². The van der Waals surface area contributed by atoms with Gasteiger partial charge in [0.05, 0.1) is 24.6 Å². The van der Waals surface area contributed by atoms with E-state index in [1.54, 1.807) is 17.7 Å². The first-order valence-electron chi connectivity index (χ1n) is 8.26. The number of pyridine rings is 1. The minimum Gasteiger partial charge on any atom is -0.482 e. The maximum Gasteiger partial charge on any atom is 0.416 e. The molecule has 0 unspecified atom stereocenters. The average Bonchev–Trinajstić information content (AvgIpc) is 3.11. The zero-order valence-electron chi connectivity index (χ0n) is 14.4. The third kappa shape index (κ3) is 3.14. The Hall–Kier alpha value is -3.28. The minimum absolute atomic E-state index is 0.554. The lowest BCUT2D eigenvalue weighted by molar-refractivity contribution is -0.137. The predicted octanol–water partition coefficient (Wildman–Crippen LogP) is 5.70. The van der Waals surface area contributed by atoms with Crippen LogP contribution in [0.1, 0.15) is 5.56 Å². The summed E-state index contributed by atoms with van der Waals surface area (Å²) in [6.45, 7) is 0. The summed E-state index contributed by atoms with van der Waals surface area (Å²) < 4.78 is 45.7. The molecule has 0 saturated carbocycles. The zero-order chi connectivity index (χ0) is 19.0. The number of nitrogens with zero attached hydrogens (tertiary/aromatic N) is 2. The van der Waals surface area contributed by atoms with Crippen molar-refractivity contribution in [3.8, 4) is 28.3 Å². The van der Waals surface area contributed by atoms with E-state index in [9.17, 15) is 13.2 Å². The van der Waals surface area contributed by atoms with Crippen molar-refractivity contribution in [3.05, 3.63) is 78.5 Å². The second-order valence-corrected chi connectivity index (χ2v) is 6.06. The highest BCUT2D eigenvalue weighted by atomic mass is 19.4. The van der Waals surface area contributed by atoms with Gasteiger partial charge in [0.25, 0.3) is 0 Å². The molecule has 136 valence electrons. The maximum atomic E-state index is 12.8. The molecule has 0 fully saturated rings. The molecule has 0 atom stereocenters. The van der Waals surface area contributed by atoms with E-state index in [4.69, 9.17) is 4.74 Å². The highest BCUT2D eigenvalue weighted by Gasteiger charge is 2.30. The van der Waals surface area contributed by atoms with Crippen LogP contribution in [0.5, 0.6) is 5.88 Å². The number of ether oxygens (including phenoxy) is 1. The third-order valence-electron chi connectivity index (χ3n) is 4.40. The zero-order valence-corrected chi connectivity index (χ0v) is 14.4. The quantitative estimate of drug-likeness (QED) is 0.464. The van der Waals surface area contributed by atoms with Crippen molar-refractivity contribution in [1.82, 2.24) is 9.38 Å². The number of rotatable bonds is 3. The second-order valence-electron chi connectivity index (χ2n) is 6.06. The molecule has 2 aromatic carbocycles. The SMILES string of the molecule is COc1cc(-c2ccccc2)cc2ncc(-c3ccc(C(F)(F)F)cc3)n12. The lowest BCUT2D eigenvalue weighted by atomic mass is 10.1. The molecule has 0 amide bonds. The number of benzene rings is 2. The normalized spacial score (nSPS) is 11.7. The first-order valence-corrected chi connectivity index (χ1v) is 8.26. The lowest BCUT2D eigenvalue weighted by Crippen LogP contribution is -2.04. The number of aromatic nitrogens is 2. The number of alkyl halides is 3. The summed E-state index contributed by atoms with van der Waals surface area (Å²) >= 11 is 0. The molecule has 0 aliphatic carbocycles. The van der Waals surface area contributed by atoms with Crippen LogP contribution in [-0.4, -0.2) is 16.5 Å². The molecular weight excluding hydrogens is 353 g/mol. The lowest BCUT2D eigenvalue weighted by Gasteiger charge is -2.11. The summed E-state index contributed by atoms with van der Waals surface area (Å²) in [5.41, 5.74) is 3.24. The van der Waals surface area contributed by atoms with Gasteiger partial charge in [-0.15, -0.1) is 0 Å². The van der Waals surface area contributed by atoms with Gasteiger partial charge in [0.2, 0.25) is 0 Å². The van der Waals surface area contributed by atoms with Crippen LogP contribution in [0.15, 0.2) is 72.9 Å². The van der Waals surface area contributed by atoms with Gasteiger partial charge in [0.1, 0.15) is 5.65 Å².